The van der Waals surface area contributed by atoms with Gasteiger partial charge in [0.15, 0.2) is 0 Å². The fourth-order valence-electron chi connectivity index (χ4n) is 0.801. The largest absolute Gasteiger partial charge is 0.378 e. The summed E-state index contributed by atoms with van der Waals surface area (Å²) in [6.07, 6.45) is 0. The van der Waals surface area contributed by atoms with Crippen LogP contribution in [0.5, 0.6) is 0 Å². The molecule has 0 saturated carbocycles. The van der Waals surface area contributed by atoms with Crippen LogP contribution in [0.4, 0.5) is 0 Å². The molecule has 1 rings (SSSR count). The molecule has 1 aromatic rings. The number of thiazole rings is 1. The lowest BCUT2D eigenvalue weighted by molar-refractivity contribution is 0.184. The molecule has 0 amide bonds. The zero-order valence-corrected chi connectivity index (χ0v) is 7.57. The van der Waals surface area contributed by atoms with E-state index in [4.69, 9.17) is 4.74 Å². The number of nitrogens with one attached hydrogen (secondary N) is 1. The Labute approximate surface area is 70.4 Å². The van der Waals surface area contributed by atoms with Gasteiger partial charge in [-0.25, -0.2) is 4.98 Å². The molecule has 0 fully saturated rings. The molecule has 62 valence electrons. The highest BCUT2D eigenvalue weighted by molar-refractivity contribution is 7.09. The van der Waals surface area contributed by atoms with Crippen molar-refractivity contribution in [1.29, 1.82) is 0 Å². The van der Waals surface area contributed by atoms with Crippen molar-refractivity contribution in [1.82, 2.24) is 10.3 Å². The van der Waals surface area contributed by atoms with E-state index >= 15 is 0 Å². The van der Waals surface area contributed by atoms with Gasteiger partial charge < -0.3 is 10.1 Å². The molecule has 0 atom stereocenters. The number of hydrogen-bond donors (Lipinski definition) is 1. The highest BCUT2D eigenvalue weighted by Crippen LogP contribution is 2.09. The van der Waals surface area contributed by atoms with Crippen LogP contribution in [0.2, 0.25) is 0 Å². The number of methoxy groups -OCH3 is 1. The van der Waals surface area contributed by atoms with Crippen LogP contribution in [0.3, 0.4) is 0 Å². The van der Waals surface area contributed by atoms with Gasteiger partial charge in [-0.3, -0.25) is 0 Å². The summed E-state index contributed by atoms with van der Waals surface area (Å²) in [4.78, 5) is 4.32. The first-order valence-electron chi connectivity index (χ1n) is 3.43. The predicted octanol–water partition coefficient (Wildman–Crippen LogP) is 1.01. The number of nitrogens with zero attached hydrogens (tertiary/aromatic N) is 1. The summed E-state index contributed by atoms with van der Waals surface area (Å²) in [6, 6.07) is 0. The number of hydrogen-bond acceptors (Lipinski definition) is 4. The number of ether oxygens (including phenoxy) is 1. The molecule has 1 N–H and O–H groups in total. The molecule has 0 aliphatic heterocycles. The molecular weight excluding hydrogens is 160 g/mol. The third-order valence-corrected chi connectivity index (χ3v) is 2.10. The van der Waals surface area contributed by atoms with Crippen molar-refractivity contribution in [2.75, 3.05) is 14.2 Å². The molecule has 11 heavy (non-hydrogen) atoms. The highest BCUT2D eigenvalue weighted by Gasteiger charge is 1.98. The number of rotatable bonds is 4. The smallest absolute Gasteiger partial charge is 0.119 e. The Hall–Kier alpha value is -0.450. The summed E-state index contributed by atoms with van der Waals surface area (Å²) < 4.78 is 4.95. The maximum Gasteiger partial charge on any atom is 0.119 e. The first-order valence-corrected chi connectivity index (χ1v) is 4.31. The van der Waals surface area contributed by atoms with Gasteiger partial charge in [-0.05, 0) is 7.05 Å². The average Bonchev–Trinajstić information content (AvgIpc) is 2.38. The minimum Gasteiger partial charge on any atom is -0.378 e. The maximum absolute atomic E-state index is 4.95. The van der Waals surface area contributed by atoms with Crippen molar-refractivity contribution in [2.24, 2.45) is 0 Å². The Morgan fingerprint density at radius 3 is 3.18 bits per heavy atom. The Balaban J connectivity index is 2.51. The van der Waals surface area contributed by atoms with E-state index in [1.54, 1.807) is 18.4 Å². The van der Waals surface area contributed by atoms with Crippen molar-refractivity contribution < 1.29 is 4.74 Å². The quantitative estimate of drug-likeness (QED) is 0.736. The third-order valence-electron chi connectivity index (χ3n) is 1.23. The van der Waals surface area contributed by atoms with Crippen molar-refractivity contribution in [3.05, 3.63) is 16.1 Å². The van der Waals surface area contributed by atoms with Crippen LogP contribution in [0.1, 0.15) is 10.7 Å². The normalized spacial score (nSPS) is 10.4. The van der Waals surface area contributed by atoms with Crippen LogP contribution in [0, 0.1) is 0 Å². The monoisotopic (exact) mass is 172 g/mol. The summed E-state index contributed by atoms with van der Waals surface area (Å²) in [5.74, 6) is 0. The SMILES string of the molecule is CNCc1csc(COC)n1. The Kier molecular flexibility index (Phi) is 3.48. The van der Waals surface area contributed by atoms with Crippen molar-refractivity contribution in [3.8, 4) is 0 Å². The van der Waals surface area contributed by atoms with Crippen LogP contribution < -0.4 is 5.32 Å². The predicted molar refractivity (Wildman–Crippen MR) is 45.6 cm³/mol. The summed E-state index contributed by atoms with van der Waals surface area (Å²) in [5, 5.41) is 6.13. The maximum atomic E-state index is 4.95. The molecule has 0 aliphatic carbocycles. The van der Waals surface area contributed by atoms with Gasteiger partial charge in [0.1, 0.15) is 5.01 Å². The molecule has 3 nitrogen and oxygen atoms in total. The van der Waals surface area contributed by atoms with E-state index in [1.165, 1.54) is 0 Å². The van der Waals surface area contributed by atoms with E-state index in [0.717, 1.165) is 17.2 Å². The highest BCUT2D eigenvalue weighted by atomic mass is 32.1. The second-order valence-corrected chi connectivity index (χ2v) is 3.14. The molecule has 0 aromatic carbocycles. The standard InChI is InChI=1S/C7H12N2OS/c1-8-3-6-5-11-7(9-6)4-10-2/h5,8H,3-4H2,1-2H3. The van der Waals surface area contributed by atoms with Crippen LogP contribution in [0.25, 0.3) is 0 Å². The van der Waals surface area contributed by atoms with E-state index in [1.807, 2.05) is 12.4 Å². The zero-order chi connectivity index (χ0) is 8.10. The Morgan fingerprint density at radius 1 is 1.73 bits per heavy atom. The molecule has 0 radical (unpaired) electrons. The fraction of sp³-hybridized carbons (Fsp3) is 0.571. The molecule has 0 unspecified atom stereocenters. The lowest BCUT2D eigenvalue weighted by atomic mass is 10.5. The summed E-state index contributed by atoms with van der Waals surface area (Å²) in [6.45, 7) is 1.45. The van der Waals surface area contributed by atoms with Crippen molar-refractivity contribution >= 4 is 11.3 Å². The fourth-order valence-corrected chi connectivity index (χ4v) is 1.56. The molecule has 0 saturated heterocycles. The minimum atomic E-state index is 0.619. The first kappa shape index (κ1) is 8.64. The molecule has 0 spiro atoms. The summed E-state index contributed by atoms with van der Waals surface area (Å²) >= 11 is 1.64. The van der Waals surface area contributed by atoms with Crippen LogP contribution in [-0.4, -0.2) is 19.1 Å². The number of aromatic nitrogens is 1. The second kappa shape index (κ2) is 4.43. The van der Waals surface area contributed by atoms with Crippen molar-refractivity contribution in [3.63, 3.8) is 0 Å². The third kappa shape index (κ3) is 2.57. The van der Waals surface area contributed by atoms with Gasteiger partial charge >= 0.3 is 0 Å². The molecule has 4 heteroatoms. The van der Waals surface area contributed by atoms with Gasteiger partial charge in [0, 0.05) is 19.0 Å². The van der Waals surface area contributed by atoms with Gasteiger partial charge in [0.05, 0.1) is 12.3 Å². The van der Waals surface area contributed by atoms with E-state index in [2.05, 4.69) is 10.3 Å². The summed E-state index contributed by atoms with van der Waals surface area (Å²) in [5.41, 5.74) is 1.09. The van der Waals surface area contributed by atoms with Gasteiger partial charge in [0.2, 0.25) is 0 Å². The van der Waals surface area contributed by atoms with Gasteiger partial charge in [0.25, 0.3) is 0 Å². The Bertz CT molecular complexity index is 191. The van der Waals surface area contributed by atoms with Crippen LogP contribution in [0.15, 0.2) is 5.38 Å². The molecule has 1 aromatic heterocycles. The molecular formula is C7H12N2OS. The van der Waals surface area contributed by atoms with E-state index in [0.29, 0.717) is 6.61 Å². The molecule has 0 aliphatic rings. The van der Waals surface area contributed by atoms with E-state index < -0.39 is 0 Å². The van der Waals surface area contributed by atoms with Crippen molar-refractivity contribution in [2.45, 2.75) is 13.2 Å². The molecule has 1 heterocycles. The van der Waals surface area contributed by atoms with Crippen LogP contribution >= 0.6 is 11.3 Å². The lowest BCUT2D eigenvalue weighted by Crippen LogP contribution is -2.05. The summed E-state index contributed by atoms with van der Waals surface area (Å²) in [7, 11) is 3.59. The first-order chi connectivity index (χ1) is 5.36. The average molecular weight is 172 g/mol. The van der Waals surface area contributed by atoms with Gasteiger partial charge in [-0.2, -0.15) is 0 Å². The minimum absolute atomic E-state index is 0.619. The van der Waals surface area contributed by atoms with Gasteiger partial charge in [-0.15, -0.1) is 11.3 Å². The van der Waals surface area contributed by atoms with Gasteiger partial charge in [-0.1, -0.05) is 0 Å². The van der Waals surface area contributed by atoms with E-state index in [9.17, 15) is 0 Å². The van der Waals surface area contributed by atoms with Crippen LogP contribution in [-0.2, 0) is 17.9 Å². The zero-order valence-electron chi connectivity index (χ0n) is 6.76. The topological polar surface area (TPSA) is 34.1 Å². The molecule has 0 bridgehead atoms. The second-order valence-electron chi connectivity index (χ2n) is 2.20. The Morgan fingerprint density at radius 2 is 2.55 bits per heavy atom. The van der Waals surface area contributed by atoms with E-state index in [-0.39, 0.29) is 0 Å². The lowest BCUT2D eigenvalue weighted by Gasteiger charge is -1.92.